The van der Waals surface area contributed by atoms with Crippen molar-refractivity contribution in [3.8, 4) is 5.75 Å². The van der Waals surface area contributed by atoms with Crippen molar-refractivity contribution >= 4 is 39.1 Å². The number of sulfonamides is 1. The van der Waals surface area contributed by atoms with Gasteiger partial charge in [-0.15, -0.1) is 0 Å². The lowest BCUT2D eigenvalue weighted by molar-refractivity contribution is -0.123. The van der Waals surface area contributed by atoms with E-state index in [2.05, 4.69) is 5.32 Å². The van der Waals surface area contributed by atoms with E-state index in [1.165, 1.54) is 12.1 Å². The van der Waals surface area contributed by atoms with Gasteiger partial charge < -0.3 is 10.1 Å². The van der Waals surface area contributed by atoms with Gasteiger partial charge in [-0.2, -0.15) is 0 Å². The van der Waals surface area contributed by atoms with Crippen molar-refractivity contribution in [3.05, 3.63) is 22.2 Å². The lowest BCUT2D eigenvalue weighted by atomic mass is 10.3. The molecule has 0 aliphatic carbocycles. The number of primary sulfonamides is 1. The van der Waals surface area contributed by atoms with E-state index in [0.29, 0.717) is 6.54 Å². The van der Waals surface area contributed by atoms with Crippen molar-refractivity contribution in [2.24, 2.45) is 5.14 Å². The monoisotopic (exact) mass is 340 g/mol. The fourth-order valence-corrected chi connectivity index (χ4v) is 2.67. The van der Waals surface area contributed by atoms with Gasteiger partial charge in [-0.3, -0.25) is 4.79 Å². The summed E-state index contributed by atoms with van der Waals surface area (Å²) in [7, 11) is -3.97. The molecular weight excluding hydrogens is 327 g/mol. The van der Waals surface area contributed by atoms with E-state index < -0.39 is 10.0 Å². The molecule has 0 radical (unpaired) electrons. The summed E-state index contributed by atoms with van der Waals surface area (Å²) in [6.45, 7) is 2.22. The molecule has 6 nitrogen and oxygen atoms in total. The molecule has 20 heavy (non-hydrogen) atoms. The zero-order valence-electron chi connectivity index (χ0n) is 10.7. The number of carbonyl (C=O) groups is 1. The van der Waals surface area contributed by atoms with E-state index in [1.807, 2.05) is 6.92 Å². The van der Waals surface area contributed by atoms with E-state index >= 15 is 0 Å². The van der Waals surface area contributed by atoms with Gasteiger partial charge in [-0.1, -0.05) is 30.1 Å². The summed E-state index contributed by atoms with van der Waals surface area (Å²) in [6.07, 6.45) is 0.807. The molecule has 1 aromatic rings. The highest BCUT2D eigenvalue weighted by atomic mass is 35.5. The quantitative estimate of drug-likeness (QED) is 0.820. The van der Waals surface area contributed by atoms with E-state index in [-0.39, 0.29) is 33.2 Å². The fraction of sp³-hybridized carbons (Fsp3) is 0.364. The average molecular weight is 341 g/mol. The molecule has 1 amide bonds. The second kappa shape index (κ2) is 7.12. The molecule has 0 bridgehead atoms. The first-order chi connectivity index (χ1) is 9.27. The number of rotatable bonds is 6. The van der Waals surface area contributed by atoms with Crippen LogP contribution in [0.25, 0.3) is 0 Å². The molecule has 0 unspecified atom stereocenters. The molecular formula is C11H14Cl2N2O4S. The number of benzene rings is 1. The van der Waals surface area contributed by atoms with Gasteiger partial charge in [0.05, 0.1) is 5.02 Å². The van der Waals surface area contributed by atoms with Gasteiger partial charge >= 0.3 is 0 Å². The zero-order valence-corrected chi connectivity index (χ0v) is 13.0. The van der Waals surface area contributed by atoms with E-state index in [0.717, 1.165) is 6.42 Å². The number of carbonyl (C=O) groups excluding carboxylic acids is 1. The smallest absolute Gasteiger partial charge is 0.257 e. The van der Waals surface area contributed by atoms with E-state index in [1.54, 1.807) is 0 Å². The summed E-state index contributed by atoms with van der Waals surface area (Å²) in [5, 5.41) is 7.25. The second-order valence-electron chi connectivity index (χ2n) is 3.87. The largest absolute Gasteiger partial charge is 0.482 e. The van der Waals surface area contributed by atoms with Crippen molar-refractivity contribution in [1.82, 2.24) is 5.32 Å². The third-order valence-electron chi connectivity index (χ3n) is 2.25. The number of nitrogens with one attached hydrogen (secondary N) is 1. The summed E-state index contributed by atoms with van der Waals surface area (Å²) >= 11 is 11.7. The van der Waals surface area contributed by atoms with Gasteiger partial charge in [-0.05, 0) is 18.6 Å². The Morgan fingerprint density at radius 3 is 2.55 bits per heavy atom. The highest BCUT2D eigenvalue weighted by Crippen LogP contribution is 2.36. The molecule has 0 spiro atoms. The first kappa shape index (κ1) is 17.0. The maximum Gasteiger partial charge on any atom is 0.257 e. The standard InChI is InChI=1S/C11H14Cl2N2O4S/c1-2-5-15-9(16)6-19-7-3-4-8(20(14,17)18)11(13)10(7)12/h3-4H,2,5-6H2,1H3,(H,15,16)(H2,14,17,18). The van der Waals surface area contributed by atoms with Gasteiger partial charge in [-0.25, -0.2) is 13.6 Å². The molecule has 0 saturated carbocycles. The number of hydrogen-bond donors (Lipinski definition) is 2. The van der Waals surface area contributed by atoms with Gasteiger partial charge in [0, 0.05) is 6.54 Å². The van der Waals surface area contributed by atoms with Crippen molar-refractivity contribution < 1.29 is 17.9 Å². The van der Waals surface area contributed by atoms with Crippen molar-refractivity contribution in [1.29, 1.82) is 0 Å². The topological polar surface area (TPSA) is 98.5 Å². The molecule has 112 valence electrons. The molecule has 3 N–H and O–H groups in total. The lowest BCUT2D eigenvalue weighted by Gasteiger charge is -2.11. The average Bonchev–Trinajstić information content (AvgIpc) is 2.36. The third-order valence-corrected chi connectivity index (χ3v) is 4.18. The molecule has 1 aromatic carbocycles. The van der Waals surface area contributed by atoms with Crippen LogP contribution in [0.3, 0.4) is 0 Å². The van der Waals surface area contributed by atoms with Crippen LogP contribution in [0.2, 0.25) is 10.0 Å². The van der Waals surface area contributed by atoms with Crippen LogP contribution >= 0.6 is 23.2 Å². The summed E-state index contributed by atoms with van der Waals surface area (Å²) in [5.74, 6) is -0.203. The Morgan fingerprint density at radius 1 is 1.35 bits per heavy atom. The van der Waals surface area contributed by atoms with Crippen molar-refractivity contribution in [2.45, 2.75) is 18.2 Å². The van der Waals surface area contributed by atoms with Crippen LogP contribution in [0.15, 0.2) is 17.0 Å². The van der Waals surface area contributed by atoms with E-state index in [4.69, 9.17) is 33.1 Å². The predicted octanol–water partition coefficient (Wildman–Crippen LogP) is 1.55. The Balaban J connectivity index is 2.84. The van der Waals surface area contributed by atoms with Gasteiger partial charge in [0.25, 0.3) is 5.91 Å². The van der Waals surface area contributed by atoms with Crippen LogP contribution in [-0.2, 0) is 14.8 Å². The highest BCUT2D eigenvalue weighted by molar-refractivity contribution is 7.89. The Labute approximate surface area is 127 Å². The van der Waals surface area contributed by atoms with Crippen LogP contribution in [0.1, 0.15) is 13.3 Å². The minimum Gasteiger partial charge on any atom is -0.482 e. The second-order valence-corrected chi connectivity index (χ2v) is 6.16. The summed E-state index contributed by atoms with van der Waals surface area (Å²) in [5.41, 5.74) is 0. The highest BCUT2D eigenvalue weighted by Gasteiger charge is 2.18. The minimum atomic E-state index is -3.97. The number of amides is 1. The predicted molar refractivity (Wildman–Crippen MR) is 76.6 cm³/mol. The number of ether oxygens (including phenoxy) is 1. The molecule has 9 heteroatoms. The minimum absolute atomic E-state index is 0.107. The van der Waals surface area contributed by atoms with Gasteiger partial charge in [0.15, 0.2) is 6.61 Å². The number of hydrogen-bond acceptors (Lipinski definition) is 4. The summed E-state index contributed by atoms with van der Waals surface area (Å²) in [6, 6.07) is 2.46. The molecule has 0 saturated heterocycles. The maximum absolute atomic E-state index is 11.4. The third kappa shape index (κ3) is 4.52. The van der Waals surface area contributed by atoms with Gasteiger partial charge in [0.2, 0.25) is 10.0 Å². The van der Waals surface area contributed by atoms with Crippen LogP contribution in [0.4, 0.5) is 0 Å². The molecule has 0 atom stereocenters. The van der Waals surface area contributed by atoms with Crippen LogP contribution < -0.4 is 15.2 Å². The van der Waals surface area contributed by atoms with Gasteiger partial charge in [0.1, 0.15) is 15.7 Å². The first-order valence-electron chi connectivity index (χ1n) is 5.67. The fourth-order valence-electron chi connectivity index (χ4n) is 1.30. The molecule has 0 heterocycles. The molecule has 1 rings (SSSR count). The maximum atomic E-state index is 11.4. The van der Waals surface area contributed by atoms with Crippen LogP contribution in [0, 0.1) is 0 Å². The number of halogens is 2. The lowest BCUT2D eigenvalue weighted by Crippen LogP contribution is -2.29. The Kier molecular flexibility index (Phi) is 6.07. The van der Waals surface area contributed by atoms with E-state index in [9.17, 15) is 13.2 Å². The molecule has 0 aromatic heterocycles. The Bertz CT molecular complexity index is 605. The summed E-state index contributed by atoms with van der Waals surface area (Å²) < 4.78 is 27.6. The SMILES string of the molecule is CCCNC(=O)COc1ccc(S(N)(=O)=O)c(Cl)c1Cl. The molecule has 0 aliphatic heterocycles. The zero-order chi connectivity index (χ0) is 15.3. The Hall–Kier alpha value is -1.02. The number of nitrogens with two attached hydrogens (primary N) is 1. The first-order valence-corrected chi connectivity index (χ1v) is 7.98. The molecule has 0 fully saturated rings. The van der Waals surface area contributed by atoms with Crippen molar-refractivity contribution in [2.75, 3.05) is 13.2 Å². The van der Waals surface area contributed by atoms with Crippen LogP contribution in [0.5, 0.6) is 5.75 Å². The normalized spacial score (nSPS) is 11.2. The van der Waals surface area contributed by atoms with Crippen molar-refractivity contribution in [3.63, 3.8) is 0 Å². The molecule has 0 aliphatic rings. The summed E-state index contributed by atoms with van der Waals surface area (Å²) in [4.78, 5) is 11.1. The Morgan fingerprint density at radius 2 is 2.00 bits per heavy atom. The van der Waals surface area contributed by atoms with Crippen LogP contribution in [-0.4, -0.2) is 27.5 Å².